The zero-order chi connectivity index (χ0) is 17.2. The van der Waals surface area contributed by atoms with Gasteiger partial charge in [-0.2, -0.15) is 0 Å². The molecule has 1 aliphatic rings. The average molecular weight is 341 g/mol. The fourth-order valence-corrected chi connectivity index (χ4v) is 2.33. The molecule has 0 saturated carbocycles. The van der Waals surface area contributed by atoms with Gasteiger partial charge < -0.3 is 19.2 Å². The normalized spacial score (nSPS) is 12.2. The number of nitrogens with one attached hydrogen (secondary N) is 1. The lowest BCUT2D eigenvalue weighted by atomic mass is 10.2. The molecule has 0 spiro atoms. The lowest BCUT2D eigenvalue weighted by molar-refractivity contribution is 0.0916. The lowest BCUT2D eigenvalue weighted by Crippen LogP contribution is -2.23. The number of benzene rings is 2. The van der Waals surface area contributed by atoms with E-state index in [9.17, 15) is 9.18 Å². The molecule has 4 rings (SSSR count). The van der Waals surface area contributed by atoms with Crippen molar-refractivity contribution < 1.29 is 23.1 Å². The first kappa shape index (κ1) is 15.1. The summed E-state index contributed by atoms with van der Waals surface area (Å²) in [6, 6.07) is 10.9. The molecule has 0 unspecified atom stereocenters. The van der Waals surface area contributed by atoms with Gasteiger partial charge in [-0.1, -0.05) is 6.07 Å². The molecule has 2 heterocycles. The number of halogens is 1. The van der Waals surface area contributed by atoms with Crippen LogP contribution in [0, 0.1) is 5.82 Å². The largest absolute Gasteiger partial charge is 0.454 e. The number of ether oxygens (including phenoxy) is 2. The van der Waals surface area contributed by atoms with E-state index in [4.69, 9.17) is 13.9 Å². The number of hydrogen-bond donors (Lipinski definition) is 1. The topological polar surface area (TPSA) is 86.5 Å². The van der Waals surface area contributed by atoms with Gasteiger partial charge in [-0.3, -0.25) is 4.79 Å². The molecular weight excluding hydrogens is 329 g/mol. The first-order chi connectivity index (χ1) is 12.2. The van der Waals surface area contributed by atoms with Crippen molar-refractivity contribution in [2.75, 3.05) is 6.79 Å². The molecule has 1 amide bonds. The molecule has 126 valence electrons. The highest BCUT2D eigenvalue weighted by Gasteiger charge is 2.17. The van der Waals surface area contributed by atoms with Crippen LogP contribution < -0.4 is 14.8 Å². The van der Waals surface area contributed by atoms with Gasteiger partial charge in [-0.25, -0.2) is 4.39 Å². The SMILES string of the molecule is O=C(NCc1ccc2c(c1)OCO2)c1nnc(-c2ccc(F)cc2)o1. The van der Waals surface area contributed by atoms with Crippen LogP contribution in [0.15, 0.2) is 46.9 Å². The van der Waals surface area contributed by atoms with Crippen LogP contribution in [0.4, 0.5) is 4.39 Å². The van der Waals surface area contributed by atoms with Crippen LogP contribution in [0.1, 0.15) is 16.2 Å². The Bertz CT molecular complexity index is 924. The maximum absolute atomic E-state index is 12.9. The molecule has 2 aromatic carbocycles. The number of nitrogens with zero attached hydrogens (tertiary/aromatic N) is 2. The molecule has 0 saturated heterocycles. The summed E-state index contributed by atoms with van der Waals surface area (Å²) in [4.78, 5) is 12.1. The molecular formula is C17H12FN3O4. The fraction of sp³-hybridized carbons (Fsp3) is 0.118. The van der Waals surface area contributed by atoms with Crippen LogP contribution >= 0.6 is 0 Å². The van der Waals surface area contributed by atoms with Crippen molar-refractivity contribution in [1.29, 1.82) is 0 Å². The highest BCUT2D eigenvalue weighted by Crippen LogP contribution is 2.32. The van der Waals surface area contributed by atoms with Gasteiger partial charge in [0.25, 0.3) is 0 Å². The average Bonchev–Trinajstić information content (AvgIpc) is 3.29. The predicted molar refractivity (Wildman–Crippen MR) is 83.4 cm³/mol. The van der Waals surface area contributed by atoms with Crippen LogP contribution in [0.25, 0.3) is 11.5 Å². The number of amides is 1. The summed E-state index contributed by atoms with van der Waals surface area (Å²) < 4.78 is 28.8. The van der Waals surface area contributed by atoms with E-state index in [-0.39, 0.29) is 30.9 Å². The Morgan fingerprint density at radius 1 is 1.08 bits per heavy atom. The summed E-state index contributed by atoms with van der Waals surface area (Å²) in [7, 11) is 0. The van der Waals surface area contributed by atoms with E-state index >= 15 is 0 Å². The molecule has 0 radical (unpaired) electrons. The second kappa shape index (κ2) is 6.23. The minimum atomic E-state index is -0.501. The molecule has 8 heteroatoms. The van der Waals surface area contributed by atoms with Crippen molar-refractivity contribution in [3.8, 4) is 23.0 Å². The quantitative estimate of drug-likeness (QED) is 0.785. The van der Waals surface area contributed by atoms with Crippen molar-refractivity contribution >= 4 is 5.91 Å². The van der Waals surface area contributed by atoms with Gasteiger partial charge in [-0.05, 0) is 42.0 Å². The van der Waals surface area contributed by atoms with Gasteiger partial charge in [0.2, 0.25) is 12.7 Å². The van der Waals surface area contributed by atoms with Crippen LogP contribution in [0.3, 0.4) is 0 Å². The first-order valence-electron chi connectivity index (χ1n) is 7.45. The van der Waals surface area contributed by atoms with Gasteiger partial charge in [0.15, 0.2) is 11.5 Å². The maximum Gasteiger partial charge on any atom is 0.309 e. The molecule has 0 bridgehead atoms. The van der Waals surface area contributed by atoms with Crippen molar-refractivity contribution in [3.05, 3.63) is 59.7 Å². The fourth-order valence-electron chi connectivity index (χ4n) is 2.33. The summed E-state index contributed by atoms with van der Waals surface area (Å²) in [5.41, 5.74) is 1.37. The number of fused-ring (bicyclic) bond motifs is 1. The number of carbonyl (C=O) groups is 1. The van der Waals surface area contributed by atoms with E-state index in [1.807, 2.05) is 6.07 Å². The minimum Gasteiger partial charge on any atom is -0.454 e. The van der Waals surface area contributed by atoms with Crippen molar-refractivity contribution in [3.63, 3.8) is 0 Å². The Hall–Kier alpha value is -3.42. The molecule has 3 aromatic rings. The molecule has 1 N–H and O–H groups in total. The second-order valence-electron chi connectivity index (χ2n) is 5.29. The first-order valence-corrected chi connectivity index (χ1v) is 7.45. The number of rotatable bonds is 4. The standard InChI is InChI=1S/C17H12FN3O4/c18-12-4-2-11(3-5-12)16-20-21-17(25-16)15(22)19-8-10-1-6-13-14(7-10)24-9-23-13/h1-7H,8-9H2,(H,19,22). The van der Waals surface area contributed by atoms with Gasteiger partial charge in [0.1, 0.15) is 5.82 Å². The van der Waals surface area contributed by atoms with Crippen LogP contribution in [0.2, 0.25) is 0 Å². The minimum absolute atomic E-state index is 0.147. The predicted octanol–water partition coefficient (Wildman–Crippen LogP) is 2.53. The third kappa shape index (κ3) is 3.14. The Labute approximate surface area is 141 Å². The molecule has 0 atom stereocenters. The number of hydrogen-bond acceptors (Lipinski definition) is 6. The zero-order valence-electron chi connectivity index (χ0n) is 12.9. The summed E-state index contributed by atoms with van der Waals surface area (Å²) in [5, 5.41) is 10.2. The second-order valence-corrected chi connectivity index (χ2v) is 5.29. The van der Waals surface area contributed by atoms with E-state index < -0.39 is 5.91 Å². The molecule has 7 nitrogen and oxygen atoms in total. The highest BCUT2D eigenvalue weighted by molar-refractivity contribution is 5.89. The monoisotopic (exact) mass is 341 g/mol. The maximum atomic E-state index is 12.9. The third-order valence-corrected chi connectivity index (χ3v) is 3.60. The van der Waals surface area contributed by atoms with Crippen LogP contribution in [-0.4, -0.2) is 22.9 Å². The van der Waals surface area contributed by atoms with Crippen LogP contribution in [0.5, 0.6) is 11.5 Å². The summed E-state index contributed by atoms with van der Waals surface area (Å²) >= 11 is 0. The molecule has 0 fully saturated rings. The van der Waals surface area contributed by atoms with Gasteiger partial charge in [-0.15, -0.1) is 10.2 Å². The molecule has 1 aliphatic heterocycles. The van der Waals surface area contributed by atoms with E-state index in [2.05, 4.69) is 15.5 Å². The van der Waals surface area contributed by atoms with Crippen molar-refractivity contribution in [2.24, 2.45) is 0 Å². The van der Waals surface area contributed by atoms with Crippen molar-refractivity contribution in [2.45, 2.75) is 6.54 Å². The van der Waals surface area contributed by atoms with E-state index in [1.54, 1.807) is 12.1 Å². The lowest BCUT2D eigenvalue weighted by Gasteiger charge is -2.04. The van der Waals surface area contributed by atoms with Crippen LogP contribution in [-0.2, 0) is 6.54 Å². The summed E-state index contributed by atoms with van der Waals surface area (Å²) in [6.45, 7) is 0.461. The Balaban J connectivity index is 1.42. The highest BCUT2D eigenvalue weighted by atomic mass is 19.1. The molecule has 25 heavy (non-hydrogen) atoms. The van der Waals surface area contributed by atoms with Gasteiger partial charge >= 0.3 is 11.8 Å². The Morgan fingerprint density at radius 3 is 2.72 bits per heavy atom. The molecule has 1 aromatic heterocycles. The third-order valence-electron chi connectivity index (χ3n) is 3.60. The summed E-state index contributed by atoms with van der Waals surface area (Å²) in [6.07, 6.45) is 0. The van der Waals surface area contributed by atoms with Crippen molar-refractivity contribution in [1.82, 2.24) is 15.5 Å². The number of aromatic nitrogens is 2. The Morgan fingerprint density at radius 2 is 1.88 bits per heavy atom. The number of carbonyl (C=O) groups excluding carboxylic acids is 1. The Kier molecular flexibility index (Phi) is 3.77. The van der Waals surface area contributed by atoms with E-state index in [1.165, 1.54) is 24.3 Å². The summed E-state index contributed by atoms with van der Waals surface area (Å²) in [5.74, 6) is 0.427. The van der Waals surface area contributed by atoms with Gasteiger partial charge in [0.05, 0.1) is 0 Å². The van der Waals surface area contributed by atoms with E-state index in [0.717, 1.165) is 5.56 Å². The molecule has 0 aliphatic carbocycles. The van der Waals surface area contributed by atoms with Gasteiger partial charge in [0, 0.05) is 12.1 Å². The van der Waals surface area contributed by atoms with E-state index in [0.29, 0.717) is 17.1 Å². The smallest absolute Gasteiger partial charge is 0.309 e. The zero-order valence-corrected chi connectivity index (χ0v) is 12.9.